The van der Waals surface area contributed by atoms with Crippen molar-refractivity contribution in [1.29, 1.82) is 0 Å². The van der Waals surface area contributed by atoms with Gasteiger partial charge >= 0.3 is 0 Å². The fraction of sp³-hybridized carbons (Fsp3) is 0.364. The molecular formula is C11H14N4OS. The van der Waals surface area contributed by atoms with Gasteiger partial charge < -0.3 is 10.3 Å². The van der Waals surface area contributed by atoms with E-state index in [1.807, 2.05) is 12.3 Å². The smallest absolute Gasteiger partial charge is 0.243 e. The van der Waals surface area contributed by atoms with Gasteiger partial charge in [0.1, 0.15) is 0 Å². The van der Waals surface area contributed by atoms with Crippen LogP contribution in [0.5, 0.6) is 0 Å². The molecule has 0 bridgehead atoms. The molecule has 0 fully saturated rings. The average Bonchev–Trinajstić information content (AvgIpc) is 2.89. The minimum atomic E-state index is -0.272. The average molecular weight is 250 g/mol. The Morgan fingerprint density at radius 1 is 1.59 bits per heavy atom. The number of nitrogens with two attached hydrogens (primary N) is 1. The minimum Gasteiger partial charge on any atom is -0.338 e. The van der Waals surface area contributed by atoms with Gasteiger partial charge in [0, 0.05) is 5.38 Å². The Kier molecular flexibility index (Phi) is 3.65. The van der Waals surface area contributed by atoms with Crippen LogP contribution >= 0.6 is 11.3 Å². The summed E-state index contributed by atoms with van der Waals surface area (Å²) in [5, 5.41) is 6.92. The molecule has 0 amide bonds. The first-order valence-electron chi connectivity index (χ1n) is 5.29. The summed E-state index contributed by atoms with van der Waals surface area (Å²) in [6, 6.07) is -0.272. The van der Waals surface area contributed by atoms with Crippen LogP contribution in [0.25, 0.3) is 0 Å². The van der Waals surface area contributed by atoms with Crippen molar-refractivity contribution in [3.8, 4) is 0 Å². The molecule has 1 unspecified atom stereocenters. The van der Waals surface area contributed by atoms with Crippen molar-refractivity contribution >= 4 is 11.3 Å². The molecule has 2 aromatic heterocycles. The van der Waals surface area contributed by atoms with E-state index in [2.05, 4.69) is 21.7 Å². The van der Waals surface area contributed by atoms with Gasteiger partial charge in [-0.05, 0) is 13.3 Å². The van der Waals surface area contributed by atoms with Crippen LogP contribution in [0.4, 0.5) is 0 Å². The number of nitrogens with zero attached hydrogens (tertiary/aromatic N) is 3. The Morgan fingerprint density at radius 3 is 3.06 bits per heavy atom. The van der Waals surface area contributed by atoms with Crippen molar-refractivity contribution in [3.63, 3.8) is 0 Å². The van der Waals surface area contributed by atoms with Crippen LogP contribution in [-0.4, -0.2) is 15.1 Å². The predicted molar refractivity (Wildman–Crippen MR) is 65.7 cm³/mol. The summed E-state index contributed by atoms with van der Waals surface area (Å²) >= 11 is 1.61. The molecule has 2 N–H and O–H groups in total. The highest BCUT2D eigenvalue weighted by Gasteiger charge is 2.14. The van der Waals surface area contributed by atoms with Crippen molar-refractivity contribution in [2.45, 2.75) is 25.8 Å². The topological polar surface area (TPSA) is 77.8 Å². The highest BCUT2D eigenvalue weighted by molar-refractivity contribution is 7.09. The molecule has 2 heterocycles. The third-order valence-corrected chi connectivity index (χ3v) is 3.05. The van der Waals surface area contributed by atoms with Crippen molar-refractivity contribution in [2.75, 3.05) is 0 Å². The lowest BCUT2D eigenvalue weighted by Gasteiger charge is -1.99. The lowest BCUT2D eigenvalue weighted by molar-refractivity contribution is 0.352. The Bertz CT molecular complexity index is 505. The fourth-order valence-corrected chi connectivity index (χ4v) is 2.03. The van der Waals surface area contributed by atoms with E-state index in [1.165, 1.54) is 0 Å². The predicted octanol–water partition coefficient (Wildman–Crippen LogP) is 2.00. The monoisotopic (exact) mass is 250 g/mol. The molecule has 0 aliphatic rings. The molecule has 0 radical (unpaired) electrons. The maximum atomic E-state index is 5.84. The van der Waals surface area contributed by atoms with Crippen LogP contribution in [0, 0.1) is 6.92 Å². The lowest BCUT2D eigenvalue weighted by atomic mass is 10.2. The molecule has 5 nitrogen and oxygen atoms in total. The largest absolute Gasteiger partial charge is 0.338 e. The van der Waals surface area contributed by atoms with Gasteiger partial charge in [-0.15, -0.1) is 17.9 Å². The van der Waals surface area contributed by atoms with E-state index >= 15 is 0 Å². The van der Waals surface area contributed by atoms with E-state index in [-0.39, 0.29) is 6.04 Å². The molecule has 0 aromatic carbocycles. The second-order valence-electron chi connectivity index (χ2n) is 3.71. The van der Waals surface area contributed by atoms with Gasteiger partial charge in [0.25, 0.3) is 0 Å². The normalized spacial score (nSPS) is 12.6. The zero-order valence-electron chi connectivity index (χ0n) is 9.59. The van der Waals surface area contributed by atoms with E-state index in [9.17, 15) is 0 Å². The van der Waals surface area contributed by atoms with E-state index < -0.39 is 0 Å². The van der Waals surface area contributed by atoms with E-state index in [0.717, 1.165) is 10.7 Å². The molecule has 0 aliphatic heterocycles. The second-order valence-corrected chi connectivity index (χ2v) is 4.78. The second kappa shape index (κ2) is 5.20. The Hall–Kier alpha value is -1.53. The molecule has 1 atom stereocenters. The number of rotatable bonds is 5. The number of aromatic nitrogens is 3. The Labute approximate surface area is 103 Å². The van der Waals surface area contributed by atoms with Crippen LogP contribution < -0.4 is 5.73 Å². The lowest BCUT2D eigenvalue weighted by Crippen LogP contribution is -2.09. The minimum absolute atomic E-state index is 0.272. The fourth-order valence-electron chi connectivity index (χ4n) is 1.42. The number of hydrogen-bond acceptors (Lipinski definition) is 6. The third kappa shape index (κ3) is 2.98. The maximum Gasteiger partial charge on any atom is 0.243 e. The molecule has 0 saturated heterocycles. The van der Waals surface area contributed by atoms with Crippen molar-refractivity contribution in [3.05, 3.63) is 40.5 Å². The van der Waals surface area contributed by atoms with Crippen LogP contribution in [0.15, 0.2) is 22.6 Å². The third-order valence-electron chi connectivity index (χ3n) is 2.23. The molecule has 2 rings (SSSR count). The Morgan fingerprint density at radius 2 is 2.41 bits per heavy atom. The van der Waals surface area contributed by atoms with Gasteiger partial charge in [-0.2, -0.15) is 4.98 Å². The Balaban J connectivity index is 2.05. The molecule has 6 heteroatoms. The van der Waals surface area contributed by atoms with Crippen molar-refractivity contribution in [2.24, 2.45) is 5.73 Å². The molecular weight excluding hydrogens is 236 g/mol. The molecule has 17 heavy (non-hydrogen) atoms. The SMILES string of the molecule is C=CCC(N)c1nc(Cc2csc(C)n2)no1. The van der Waals surface area contributed by atoms with Gasteiger partial charge in [-0.1, -0.05) is 11.2 Å². The van der Waals surface area contributed by atoms with Gasteiger partial charge in [-0.25, -0.2) is 4.98 Å². The van der Waals surface area contributed by atoms with E-state index in [4.69, 9.17) is 10.3 Å². The van der Waals surface area contributed by atoms with Gasteiger partial charge in [0.15, 0.2) is 5.82 Å². The molecule has 0 spiro atoms. The van der Waals surface area contributed by atoms with E-state index in [1.54, 1.807) is 17.4 Å². The summed E-state index contributed by atoms with van der Waals surface area (Å²) in [6.07, 6.45) is 2.93. The van der Waals surface area contributed by atoms with Crippen LogP contribution in [-0.2, 0) is 6.42 Å². The van der Waals surface area contributed by atoms with Crippen LogP contribution in [0.3, 0.4) is 0 Å². The van der Waals surface area contributed by atoms with Gasteiger partial charge in [0.05, 0.1) is 23.2 Å². The summed E-state index contributed by atoms with van der Waals surface area (Å²) in [6.45, 7) is 5.59. The summed E-state index contributed by atoms with van der Waals surface area (Å²) < 4.78 is 5.10. The van der Waals surface area contributed by atoms with Crippen molar-refractivity contribution in [1.82, 2.24) is 15.1 Å². The quantitative estimate of drug-likeness (QED) is 0.821. The summed E-state index contributed by atoms with van der Waals surface area (Å²) in [4.78, 5) is 8.59. The van der Waals surface area contributed by atoms with Crippen molar-refractivity contribution < 1.29 is 4.52 Å². The zero-order valence-corrected chi connectivity index (χ0v) is 10.4. The first kappa shape index (κ1) is 11.9. The highest BCUT2D eigenvalue weighted by atomic mass is 32.1. The highest BCUT2D eigenvalue weighted by Crippen LogP contribution is 2.15. The molecule has 0 saturated carbocycles. The van der Waals surface area contributed by atoms with Gasteiger partial charge in [0.2, 0.25) is 5.89 Å². The van der Waals surface area contributed by atoms with E-state index in [0.29, 0.717) is 24.6 Å². The maximum absolute atomic E-state index is 5.84. The van der Waals surface area contributed by atoms with Crippen LogP contribution in [0.2, 0.25) is 0 Å². The molecule has 2 aromatic rings. The standard InChI is InChI=1S/C11H14N4OS/c1-3-4-9(12)11-14-10(15-16-11)5-8-6-17-7(2)13-8/h3,6,9H,1,4-5,12H2,2H3. The van der Waals surface area contributed by atoms with Crippen LogP contribution in [0.1, 0.15) is 34.9 Å². The summed E-state index contributed by atoms with van der Waals surface area (Å²) in [5.41, 5.74) is 6.79. The number of thiazole rings is 1. The molecule has 0 aliphatic carbocycles. The number of hydrogen-bond donors (Lipinski definition) is 1. The summed E-state index contributed by atoms with van der Waals surface area (Å²) in [5.74, 6) is 1.07. The first-order valence-corrected chi connectivity index (χ1v) is 6.17. The first-order chi connectivity index (χ1) is 8.19. The van der Waals surface area contributed by atoms with Gasteiger partial charge in [-0.3, -0.25) is 0 Å². The molecule has 90 valence electrons. The zero-order chi connectivity index (χ0) is 12.3. The number of aryl methyl sites for hydroxylation is 1. The summed E-state index contributed by atoms with van der Waals surface area (Å²) in [7, 11) is 0.